The number of carbonyl (C=O) groups excluding carboxylic acids is 1. The van der Waals surface area contributed by atoms with Gasteiger partial charge in [-0.1, -0.05) is 36.8 Å². The molecule has 1 saturated heterocycles. The monoisotopic (exact) mass is 297 g/mol. The molecule has 2 N–H and O–H groups in total. The number of nitrogens with one attached hydrogen (secondary N) is 1. The molecule has 2 rings (SSSR count). The van der Waals surface area contributed by atoms with Gasteiger partial charge in [-0.05, 0) is 18.4 Å². The summed E-state index contributed by atoms with van der Waals surface area (Å²) < 4.78 is 23.8. The van der Waals surface area contributed by atoms with Gasteiger partial charge in [0.15, 0.2) is 9.84 Å². The van der Waals surface area contributed by atoms with Gasteiger partial charge in [0.25, 0.3) is 0 Å². The Labute approximate surface area is 118 Å². The highest BCUT2D eigenvalue weighted by Crippen LogP contribution is 2.21. The Balaban J connectivity index is 2.10. The Morgan fingerprint density at radius 1 is 1.30 bits per heavy atom. The lowest BCUT2D eigenvalue weighted by molar-refractivity contribution is -0.122. The van der Waals surface area contributed by atoms with Crippen molar-refractivity contribution in [1.82, 2.24) is 5.32 Å². The van der Waals surface area contributed by atoms with E-state index in [2.05, 4.69) is 5.32 Å². The largest absolute Gasteiger partial charge is 0.394 e. The Bertz CT molecular complexity index is 556. The number of rotatable bonds is 4. The van der Waals surface area contributed by atoms with Gasteiger partial charge in [-0.15, -0.1) is 0 Å². The molecule has 0 spiro atoms. The number of benzene rings is 1. The first-order valence-electron chi connectivity index (χ1n) is 6.72. The van der Waals surface area contributed by atoms with Crippen LogP contribution in [0.1, 0.15) is 30.9 Å². The second-order valence-electron chi connectivity index (χ2n) is 5.01. The van der Waals surface area contributed by atoms with Gasteiger partial charge in [-0.3, -0.25) is 4.79 Å². The minimum absolute atomic E-state index is 0.0697. The first-order valence-corrected chi connectivity index (χ1v) is 8.44. The highest BCUT2D eigenvalue weighted by molar-refractivity contribution is 7.92. The summed E-state index contributed by atoms with van der Waals surface area (Å²) in [7, 11) is -3.35. The molecule has 6 heteroatoms. The molecule has 1 aromatic rings. The minimum atomic E-state index is -3.35. The summed E-state index contributed by atoms with van der Waals surface area (Å²) in [5.74, 6) is -0.437. The molecule has 5 nitrogen and oxygen atoms in total. The maximum Gasteiger partial charge on any atom is 0.238 e. The lowest BCUT2D eigenvalue weighted by Crippen LogP contribution is -2.44. The van der Waals surface area contributed by atoms with Crippen LogP contribution >= 0.6 is 0 Å². The van der Waals surface area contributed by atoms with E-state index in [4.69, 9.17) is 0 Å². The van der Waals surface area contributed by atoms with Gasteiger partial charge in [0.05, 0.1) is 18.4 Å². The van der Waals surface area contributed by atoms with Gasteiger partial charge in [0.2, 0.25) is 5.91 Å². The first kappa shape index (κ1) is 15.0. The van der Waals surface area contributed by atoms with E-state index in [0.29, 0.717) is 12.8 Å². The van der Waals surface area contributed by atoms with Gasteiger partial charge >= 0.3 is 0 Å². The van der Waals surface area contributed by atoms with E-state index >= 15 is 0 Å². The molecule has 20 heavy (non-hydrogen) atoms. The topological polar surface area (TPSA) is 83.5 Å². The van der Waals surface area contributed by atoms with Crippen LogP contribution in [0.2, 0.25) is 0 Å². The fourth-order valence-electron chi connectivity index (χ4n) is 2.43. The molecule has 1 aromatic carbocycles. The van der Waals surface area contributed by atoms with Gasteiger partial charge in [0, 0.05) is 0 Å². The second-order valence-corrected chi connectivity index (χ2v) is 7.31. The predicted molar refractivity (Wildman–Crippen MR) is 75.8 cm³/mol. The summed E-state index contributed by atoms with van der Waals surface area (Å²) in [6.45, 7) is -0.261. The lowest BCUT2D eigenvalue weighted by Gasteiger charge is -2.24. The van der Waals surface area contributed by atoms with E-state index in [-0.39, 0.29) is 12.4 Å². The van der Waals surface area contributed by atoms with Gasteiger partial charge in [0.1, 0.15) is 5.25 Å². The zero-order valence-electron chi connectivity index (χ0n) is 11.2. The lowest BCUT2D eigenvalue weighted by atomic mass is 10.1. The number of hydrogen-bond donors (Lipinski definition) is 2. The zero-order valence-corrected chi connectivity index (χ0v) is 12.0. The molecule has 1 amide bonds. The summed E-state index contributed by atoms with van der Waals surface area (Å²) in [5.41, 5.74) is 0.761. The SMILES string of the molecule is O=C(N[C@@H](CO)c1ccccc1)C1CCCCS1(=O)=O. The van der Waals surface area contributed by atoms with Gasteiger partial charge in [-0.25, -0.2) is 8.42 Å². The van der Waals surface area contributed by atoms with Crippen molar-refractivity contribution in [3.05, 3.63) is 35.9 Å². The van der Waals surface area contributed by atoms with E-state index in [1.807, 2.05) is 18.2 Å². The Morgan fingerprint density at radius 3 is 2.60 bits per heavy atom. The van der Waals surface area contributed by atoms with E-state index in [1.54, 1.807) is 12.1 Å². The van der Waals surface area contributed by atoms with Crippen molar-refractivity contribution in [3.63, 3.8) is 0 Å². The molecular formula is C14H19NO4S. The molecule has 1 aliphatic rings. The van der Waals surface area contributed by atoms with Gasteiger partial charge in [-0.2, -0.15) is 0 Å². The molecule has 0 aliphatic carbocycles. The van der Waals surface area contributed by atoms with Crippen LogP contribution in [0.25, 0.3) is 0 Å². The maximum atomic E-state index is 12.2. The summed E-state index contributed by atoms with van der Waals surface area (Å²) in [6.07, 6.45) is 1.72. The van der Waals surface area contributed by atoms with Crippen molar-refractivity contribution < 1.29 is 18.3 Å². The van der Waals surface area contributed by atoms with Crippen molar-refractivity contribution in [2.45, 2.75) is 30.6 Å². The number of hydrogen-bond acceptors (Lipinski definition) is 4. The average Bonchev–Trinajstić information content (AvgIpc) is 2.45. The first-order chi connectivity index (χ1) is 9.54. The number of sulfone groups is 1. The molecule has 1 heterocycles. The van der Waals surface area contributed by atoms with E-state index in [9.17, 15) is 18.3 Å². The van der Waals surface area contributed by atoms with Crippen LogP contribution in [0.15, 0.2) is 30.3 Å². The van der Waals surface area contributed by atoms with E-state index < -0.39 is 27.0 Å². The van der Waals surface area contributed by atoms with Crippen molar-refractivity contribution in [1.29, 1.82) is 0 Å². The number of carbonyl (C=O) groups is 1. The molecule has 2 atom stereocenters. The average molecular weight is 297 g/mol. The van der Waals surface area contributed by atoms with Crippen LogP contribution in [0.4, 0.5) is 0 Å². The molecule has 0 saturated carbocycles. The fraction of sp³-hybridized carbons (Fsp3) is 0.500. The summed E-state index contributed by atoms with van der Waals surface area (Å²) in [6, 6.07) is 8.46. The van der Waals surface area contributed by atoms with Crippen LogP contribution in [0, 0.1) is 0 Å². The molecule has 0 bridgehead atoms. The Hall–Kier alpha value is -1.40. The smallest absolute Gasteiger partial charge is 0.238 e. The number of aliphatic hydroxyl groups is 1. The quantitative estimate of drug-likeness (QED) is 0.861. The summed E-state index contributed by atoms with van der Waals surface area (Å²) >= 11 is 0. The van der Waals surface area contributed by atoms with E-state index in [0.717, 1.165) is 12.0 Å². The van der Waals surface area contributed by atoms with Crippen molar-refractivity contribution in [3.8, 4) is 0 Å². The normalized spacial score (nSPS) is 22.9. The number of aliphatic hydroxyl groups excluding tert-OH is 1. The predicted octanol–water partition coefficient (Wildman–Crippen LogP) is 0.803. The van der Waals surface area contributed by atoms with Crippen LogP contribution in [0.5, 0.6) is 0 Å². The summed E-state index contributed by atoms with van der Waals surface area (Å²) in [5, 5.41) is 11.1. The molecule has 110 valence electrons. The highest BCUT2D eigenvalue weighted by atomic mass is 32.2. The van der Waals surface area contributed by atoms with Crippen LogP contribution in [-0.4, -0.2) is 37.0 Å². The number of amides is 1. The fourth-order valence-corrected chi connectivity index (χ4v) is 4.24. The zero-order chi connectivity index (χ0) is 14.6. The van der Waals surface area contributed by atoms with Gasteiger partial charge < -0.3 is 10.4 Å². The standard InChI is InChI=1S/C14H19NO4S/c16-10-12(11-6-2-1-3-7-11)15-14(17)13-8-4-5-9-20(13,18)19/h1-3,6-7,12-13,16H,4-5,8-10H2,(H,15,17)/t12-,13?/m0/s1. The third kappa shape index (κ3) is 3.37. The highest BCUT2D eigenvalue weighted by Gasteiger charge is 2.35. The molecule has 1 aliphatic heterocycles. The Morgan fingerprint density at radius 2 is 2.00 bits per heavy atom. The molecular weight excluding hydrogens is 278 g/mol. The Kier molecular flexibility index (Phi) is 4.77. The molecule has 1 fully saturated rings. The van der Waals surface area contributed by atoms with Crippen molar-refractivity contribution in [2.24, 2.45) is 0 Å². The molecule has 1 unspecified atom stereocenters. The second kappa shape index (κ2) is 6.37. The minimum Gasteiger partial charge on any atom is -0.394 e. The third-order valence-corrected chi connectivity index (χ3v) is 5.75. The molecule has 0 aromatic heterocycles. The summed E-state index contributed by atoms with van der Waals surface area (Å²) in [4.78, 5) is 12.2. The molecule has 0 radical (unpaired) electrons. The van der Waals surface area contributed by atoms with Crippen LogP contribution in [-0.2, 0) is 14.6 Å². The van der Waals surface area contributed by atoms with Crippen LogP contribution < -0.4 is 5.32 Å². The maximum absolute atomic E-state index is 12.2. The van der Waals surface area contributed by atoms with Crippen LogP contribution in [0.3, 0.4) is 0 Å². The van der Waals surface area contributed by atoms with Crippen molar-refractivity contribution >= 4 is 15.7 Å². The van der Waals surface area contributed by atoms with E-state index in [1.165, 1.54) is 0 Å². The van der Waals surface area contributed by atoms with Crippen molar-refractivity contribution in [2.75, 3.05) is 12.4 Å². The third-order valence-electron chi connectivity index (χ3n) is 3.57.